The molecule has 1 heteroatoms. The van der Waals surface area contributed by atoms with Gasteiger partial charge in [0.1, 0.15) is 5.83 Å². The Balaban J connectivity index is 2.80. The molecule has 9 heavy (non-hydrogen) atoms. The summed E-state index contributed by atoms with van der Waals surface area (Å²) in [4.78, 5) is 0. The average molecular weight is 124 g/mol. The Morgan fingerprint density at radius 2 is 2.22 bits per heavy atom. The van der Waals surface area contributed by atoms with Gasteiger partial charge in [0.2, 0.25) is 0 Å². The van der Waals surface area contributed by atoms with E-state index in [1.165, 1.54) is 17.7 Å². The maximum atomic E-state index is 12.3. The van der Waals surface area contributed by atoms with E-state index in [0.717, 1.165) is 6.42 Å². The third kappa shape index (κ3) is 1.84. The van der Waals surface area contributed by atoms with Crippen molar-refractivity contribution in [3.05, 3.63) is 35.7 Å². The molecule has 1 rings (SSSR count). The van der Waals surface area contributed by atoms with Crippen LogP contribution in [0.3, 0.4) is 0 Å². The maximum Gasteiger partial charge on any atom is 0.122 e. The predicted octanol–water partition coefficient (Wildman–Crippen LogP) is 2.75. The van der Waals surface area contributed by atoms with Crippen molar-refractivity contribution in [1.82, 2.24) is 0 Å². The summed E-state index contributed by atoms with van der Waals surface area (Å²) in [5.74, 6) is -0.160. The van der Waals surface area contributed by atoms with Crippen molar-refractivity contribution in [3.8, 4) is 0 Å². The van der Waals surface area contributed by atoms with E-state index in [4.69, 9.17) is 0 Å². The molecular weight excluding hydrogens is 115 g/mol. The number of rotatable bonds is 0. The summed E-state index contributed by atoms with van der Waals surface area (Å²) in [7, 11) is 0. The normalized spacial score (nSPS) is 18.4. The fourth-order valence-electron chi connectivity index (χ4n) is 0.703. The monoisotopic (exact) mass is 124 g/mol. The standard InChI is InChI=1S/C8H9F/c1-7-3-2-4-8(9)6-5-7/h2,4-6H,3H2,1H3. The molecule has 0 nitrogen and oxygen atoms in total. The fraction of sp³-hybridized carbons (Fsp3) is 0.250. The molecule has 1 aliphatic rings. The molecule has 48 valence electrons. The highest BCUT2D eigenvalue weighted by Gasteiger charge is 1.91. The van der Waals surface area contributed by atoms with E-state index >= 15 is 0 Å². The van der Waals surface area contributed by atoms with Crippen LogP contribution in [0.2, 0.25) is 0 Å². The lowest BCUT2D eigenvalue weighted by molar-refractivity contribution is 0.667. The molecule has 0 aromatic carbocycles. The van der Waals surface area contributed by atoms with Crippen molar-refractivity contribution in [2.24, 2.45) is 0 Å². The van der Waals surface area contributed by atoms with Crippen LogP contribution in [0.1, 0.15) is 13.3 Å². The predicted molar refractivity (Wildman–Crippen MR) is 36.7 cm³/mol. The second kappa shape index (κ2) is 2.62. The Kier molecular flexibility index (Phi) is 1.83. The quantitative estimate of drug-likeness (QED) is 0.465. The largest absolute Gasteiger partial charge is 0.207 e. The second-order valence-corrected chi connectivity index (χ2v) is 2.17. The highest BCUT2D eigenvalue weighted by molar-refractivity contribution is 5.25. The lowest BCUT2D eigenvalue weighted by Crippen LogP contribution is -1.66. The van der Waals surface area contributed by atoms with Gasteiger partial charge in [0.05, 0.1) is 0 Å². The minimum Gasteiger partial charge on any atom is -0.207 e. The SMILES string of the molecule is CC1=CC=C(F)C=CC1. The summed E-state index contributed by atoms with van der Waals surface area (Å²) < 4.78 is 12.3. The smallest absolute Gasteiger partial charge is 0.122 e. The van der Waals surface area contributed by atoms with E-state index in [2.05, 4.69) is 0 Å². The molecule has 0 heterocycles. The summed E-state index contributed by atoms with van der Waals surface area (Å²) >= 11 is 0. The van der Waals surface area contributed by atoms with Gasteiger partial charge in [-0.2, -0.15) is 0 Å². The highest BCUT2D eigenvalue weighted by atomic mass is 19.1. The molecule has 0 saturated heterocycles. The molecule has 0 N–H and O–H groups in total. The van der Waals surface area contributed by atoms with Crippen molar-refractivity contribution >= 4 is 0 Å². The first-order chi connectivity index (χ1) is 4.29. The van der Waals surface area contributed by atoms with Crippen LogP contribution in [0.25, 0.3) is 0 Å². The zero-order chi connectivity index (χ0) is 6.69. The topological polar surface area (TPSA) is 0 Å². The number of halogens is 1. The van der Waals surface area contributed by atoms with Gasteiger partial charge in [0.15, 0.2) is 0 Å². The average Bonchev–Trinajstić information content (AvgIpc) is 1.97. The first-order valence-electron chi connectivity index (χ1n) is 2.98. The molecule has 0 atom stereocenters. The van der Waals surface area contributed by atoms with Crippen molar-refractivity contribution in [1.29, 1.82) is 0 Å². The van der Waals surface area contributed by atoms with Crippen LogP contribution in [0, 0.1) is 0 Å². The summed E-state index contributed by atoms with van der Waals surface area (Å²) in [6.07, 6.45) is 7.47. The third-order valence-corrected chi connectivity index (χ3v) is 1.24. The molecule has 0 fully saturated rings. The van der Waals surface area contributed by atoms with Crippen molar-refractivity contribution in [2.75, 3.05) is 0 Å². The molecule has 0 radical (unpaired) electrons. The summed E-state index contributed by atoms with van der Waals surface area (Å²) in [6.45, 7) is 1.99. The minimum absolute atomic E-state index is 0.160. The van der Waals surface area contributed by atoms with Gasteiger partial charge in [-0.3, -0.25) is 0 Å². The van der Waals surface area contributed by atoms with Gasteiger partial charge in [-0.15, -0.1) is 0 Å². The van der Waals surface area contributed by atoms with Crippen LogP contribution in [-0.4, -0.2) is 0 Å². The zero-order valence-corrected chi connectivity index (χ0v) is 5.39. The van der Waals surface area contributed by atoms with Crippen LogP contribution < -0.4 is 0 Å². The molecule has 0 spiro atoms. The molecule has 0 aromatic rings. The Morgan fingerprint density at radius 1 is 1.44 bits per heavy atom. The van der Waals surface area contributed by atoms with Crippen molar-refractivity contribution < 1.29 is 4.39 Å². The lowest BCUT2D eigenvalue weighted by Gasteiger charge is -1.86. The van der Waals surface area contributed by atoms with Gasteiger partial charge >= 0.3 is 0 Å². The zero-order valence-electron chi connectivity index (χ0n) is 5.39. The maximum absolute atomic E-state index is 12.3. The molecule has 1 aliphatic carbocycles. The number of hydrogen-bond acceptors (Lipinski definition) is 0. The van der Waals surface area contributed by atoms with Gasteiger partial charge in [-0.05, 0) is 25.5 Å². The highest BCUT2D eigenvalue weighted by Crippen LogP contribution is 2.10. The van der Waals surface area contributed by atoms with Gasteiger partial charge in [0.25, 0.3) is 0 Å². The van der Waals surface area contributed by atoms with Gasteiger partial charge in [-0.25, -0.2) is 4.39 Å². The van der Waals surface area contributed by atoms with Crippen molar-refractivity contribution in [3.63, 3.8) is 0 Å². The van der Waals surface area contributed by atoms with Gasteiger partial charge in [-0.1, -0.05) is 17.7 Å². The molecule has 0 unspecified atom stereocenters. The summed E-state index contributed by atoms with van der Waals surface area (Å²) in [6, 6.07) is 0. The molecule has 0 amide bonds. The van der Waals surface area contributed by atoms with Crippen LogP contribution in [0.5, 0.6) is 0 Å². The van der Waals surface area contributed by atoms with E-state index < -0.39 is 0 Å². The summed E-state index contributed by atoms with van der Waals surface area (Å²) in [5, 5.41) is 0. The molecule has 0 aliphatic heterocycles. The number of hydrogen-bond donors (Lipinski definition) is 0. The van der Waals surface area contributed by atoms with E-state index in [9.17, 15) is 4.39 Å². The minimum atomic E-state index is -0.160. The third-order valence-electron chi connectivity index (χ3n) is 1.24. The van der Waals surface area contributed by atoms with E-state index in [0.29, 0.717) is 0 Å². The molecule has 0 aromatic heterocycles. The van der Waals surface area contributed by atoms with Gasteiger partial charge < -0.3 is 0 Å². The Bertz CT molecular complexity index is 185. The molecule has 0 bridgehead atoms. The lowest BCUT2D eigenvalue weighted by atomic mass is 10.2. The first kappa shape index (κ1) is 6.27. The Labute approximate surface area is 54.4 Å². The molecular formula is C8H9F. The van der Waals surface area contributed by atoms with Crippen LogP contribution in [0.4, 0.5) is 4.39 Å². The van der Waals surface area contributed by atoms with E-state index in [1.807, 2.05) is 13.0 Å². The number of allylic oxidation sites excluding steroid dienone is 6. The fourth-order valence-corrected chi connectivity index (χ4v) is 0.703. The van der Waals surface area contributed by atoms with Crippen LogP contribution in [0.15, 0.2) is 35.7 Å². The van der Waals surface area contributed by atoms with E-state index in [-0.39, 0.29) is 5.83 Å². The Hall–Kier alpha value is -0.850. The van der Waals surface area contributed by atoms with Crippen LogP contribution in [-0.2, 0) is 0 Å². The van der Waals surface area contributed by atoms with Crippen molar-refractivity contribution in [2.45, 2.75) is 13.3 Å². The molecule has 0 saturated carbocycles. The van der Waals surface area contributed by atoms with Crippen LogP contribution >= 0.6 is 0 Å². The Morgan fingerprint density at radius 3 is 3.00 bits per heavy atom. The van der Waals surface area contributed by atoms with E-state index in [1.54, 1.807) is 6.08 Å². The van der Waals surface area contributed by atoms with Gasteiger partial charge in [0, 0.05) is 0 Å². The second-order valence-electron chi connectivity index (χ2n) is 2.17. The first-order valence-corrected chi connectivity index (χ1v) is 2.98. The summed E-state index contributed by atoms with van der Waals surface area (Å²) in [5.41, 5.74) is 1.19.